The number of carbonyl (C=O) groups is 4. The summed E-state index contributed by atoms with van der Waals surface area (Å²) in [6, 6.07) is 8.25. The summed E-state index contributed by atoms with van der Waals surface area (Å²) in [5.74, 6) is -4.00. The number of Topliss-reactive ketones (excluding diaryl/α,β-unsaturated/α-hetero) is 2. The standard InChI is InChI=1S/C29H36O9/c1-15-11-12-29(35)25(38-24(34)17-9-7-6-8-10-17)28-14-36-18(23(28)37-16(2)30)13-19(31)27(28,5)22(33)21(32)20(15)26(29,3)4/h6-10,15,18-20,23,25,31,35H,11-14H2,1-5H3. The number of hydrogen-bond donors (Lipinski definition) is 2. The summed E-state index contributed by atoms with van der Waals surface area (Å²) in [5, 5.41) is 24.2. The quantitative estimate of drug-likeness (QED) is 0.447. The molecule has 9 atom stereocenters. The van der Waals surface area contributed by atoms with E-state index < -0.39 is 75.7 Å². The maximum atomic E-state index is 14.3. The average Bonchev–Trinajstić information content (AvgIpc) is 3.15. The van der Waals surface area contributed by atoms with Gasteiger partial charge in [0.25, 0.3) is 0 Å². The van der Waals surface area contributed by atoms with Crippen molar-refractivity contribution in [3.05, 3.63) is 35.9 Å². The summed E-state index contributed by atoms with van der Waals surface area (Å²) in [5.41, 5.74) is -6.39. The van der Waals surface area contributed by atoms with Crippen LogP contribution in [0.5, 0.6) is 0 Å². The van der Waals surface area contributed by atoms with Crippen molar-refractivity contribution in [3.63, 3.8) is 0 Å². The first-order valence-electron chi connectivity index (χ1n) is 13.3. The molecule has 0 amide bonds. The number of esters is 2. The van der Waals surface area contributed by atoms with E-state index in [0.717, 1.165) is 0 Å². The van der Waals surface area contributed by atoms with Crippen LogP contribution in [0, 0.1) is 28.1 Å². The number of benzene rings is 1. The van der Waals surface area contributed by atoms with Crippen LogP contribution in [0.25, 0.3) is 0 Å². The molecule has 1 heterocycles. The molecule has 9 unspecified atom stereocenters. The van der Waals surface area contributed by atoms with E-state index in [1.54, 1.807) is 44.2 Å². The predicted octanol–water partition coefficient (Wildman–Crippen LogP) is 2.25. The monoisotopic (exact) mass is 528 g/mol. The number of ether oxygens (including phenoxy) is 3. The molecule has 4 fully saturated rings. The molecular formula is C29H36O9. The van der Waals surface area contributed by atoms with Crippen LogP contribution in [0.15, 0.2) is 30.3 Å². The number of aliphatic hydroxyl groups is 2. The van der Waals surface area contributed by atoms with Crippen molar-refractivity contribution in [1.82, 2.24) is 0 Å². The van der Waals surface area contributed by atoms with E-state index in [9.17, 15) is 29.4 Å². The minimum atomic E-state index is -1.86. The fourth-order valence-electron chi connectivity index (χ4n) is 8.12. The Bertz CT molecular complexity index is 1180. The topological polar surface area (TPSA) is 136 Å². The van der Waals surface area contributed by atoms with Crippen LogP contribution in [-0.4, -0.2) is 70.3 Å². The zero-order valence-corrected chi connectivity index (χ0v) is 22.4. The van der Waals surface area contributed by atoms with Crippen molar-refractivity contribution in [2.45, 2.75) is 83.9 Å². The van der Waals surface area contributed by atoms with Crippen LogP contribution in [-0.2, 0) is 28.6 Å². The van der Waals surface area contributed by atoms with Gasteiger partial charge in [0.15, 0.2) is 0 Å². The second-order valence-electron chi connectivity index (χ2n) is 12.4. The van der Waals surface area contributed by atoms with Crippen molar-refractivity contribution in [2.75, 3.05) is 6.61 Å². The minimum absolute atomic E-state index is 0.0589. The van der Waals surface area contributed by atoms with Gasteiger partial charge in [-0.25, -0.2) is 4.79 Å². The molecule has 5 rings (SSSR count). The lowest BCUT2D eigenvalue weighted by atomic mass is 9.41. The SMILES string of the molecule is CC(=O)OC1C2CC(O)C3(C)C(=O)C(=O)C4C(C)CCC(O)(C(OC(=O)c5ccccc5)C13CO2)C4(C)C. The van der Waals surface area contributed by atoms with Gasteiger partial charge in [-0.2, -0.15) is 0 Å². The lowest BCUT2D eigenvalue weighted by Gasteiger charge is -2.65. The lowest BCUT2D eigenvalue weighted by molar-refractivity contribution is -0.278. The molecule has 206 valence electrons. The Morgan fingerprint density at radius 3 is 2.37 bits per heavy atom. The molecule has 1 spiro atoms. The lowest BCUT2D eigenvalue weighted by Crippen LogP contribution is -2.79. The van der Waals surface area contributed by atoms with E-state index in [4.69, 9.17) is 14.2 Å². The molecular weight excluding hydrogens is 492 g/mol. The Kier molecular flexibility index (Phi) is 6.17. The second kappa shape index (κ2) is 8.69. The van der Waals surface area contributed by atoms with Gasteiger partial charge in [-0.15, -0.1) is 0 Å². The number of hydrogen-bond acceptors (Lipinski definition) is 9. The Morgan fingerprint density at radius 1 is 1.08 bits per heavy atom. The zero-order valence-electron chi connectivity index (χ0n) is 22.4. The van der Waals surface area contributed by atoms with Gasteiger partial charge in [-0.05, 0) is 37.8 Å². The smallest absolute Gasteiger partial charge is 0.338 e. The van der Waals surface area contributed by atoms with Gasteiger partial charge in [-0.3, -0.25) is 14.4 Å². The molecule has 1 aromatic rings. The van der Waals surface area contributed by atoms with Crippen molar-refractivity contribution in [2.24, 2.45) is 28.1 Å². The number of ketones is 2. The van der Waals surface area contributed by atoms with Gasteiger partial charge in [-0.1, -0.05) is 39.0 Å². The molecule has 4 aliphatic rings. The highest BCUT2D eigenvalue weighted by Gasteiger charge is 2.81. The first-order chi connectivity index (χ1) is 17.7. The van der Waals surface area contributed by atoms with Gasteiger partial charge in [0, 0.05) is 24.7 Å². The number of aliphatic hydroxyl groups excluding tert-OH is 1. The Morgan fingerprint density at radius 2 is 1.74 bits per heavy atom. The van der Waals surface area contributed by atoms with Gasteiger partial charge < -0.3 is 24.4 Å². The van der Waals surface area contributed by atoms with E-state index in [1.165, 1.54) is 13.8 Å². The molecule has 38 heavy (non-hydrogen) atoms. The predicted molar refractivity (Wildman–Crippen MR) is 133 cm³/mol. The highest BCUT2D eigenvalue weighted by atomic mass is 16.6. The minimum Gasteiger partial charge on any atom is -0.459 e. The fourth-order valence-corrected chi connectivity index (χ4v) is 8.12. The molecule has 0 aromatic heterocycles. The fraction of sp³-hybridized carbons (Fsp3) is 0.655. The molecule has 1 aliphatic heterocycles. The van der Waals surface area contributed by atoms with Crippen LogP contribution in [0.4, 0.5) is 0 Å². The summed E-state index contributed by atoms with van der Waals surface area (Å²) < 4.78 is 18.1. The van der Waals surface area contributed by atoms with Gasteiger partial charge in [0.1, 0.15) is 17.8 Å². The molecule has 9 heteroatoms. The Balaban J connectivity index is 1.81. The van der Waals surface area contributed by atoms with Crippen LogP contribution in [0.2, 0.25) is 0 Å². The Hall–Kier alpha value is -2.62. The molecule has 2 N–H and O–H groups in total. The van der Waals surface area contributed by atoms with Gasteiger partial charge >= 0.3 is 11.9 Å². The van der Waals surface area contributed by atoms with Crippen molar-refractivity contribution < 1.29 is 43.6 Å². The highest BCUT2D eigenvalue weighted by molar-refractivity contribution is 6.40. The van der Waals surface area contributed by atoms with E-state index in [2.05, 4.69) is 0 Å². The summed E-state index contributed by atoms with van der Waals surface area (Å²) in [7, 11) is 0. The maximum Gasteiger partial charge on any atom is 0.338 e. The summed E-state index contributed by atoms with van der Waals surface area (Å²) in [4.78, 5) is 54.2. The maximum absolute atomic E-state index is 14.3. The van der Waals surface area contributed by atoms with Crippen LogP contribution in [0.3, 0.4) is 0 Å². The second-order valence-corrected chi connectivity index (χ2v) is 12.4. The molecule has 1 saturated heterocycles. The number of rotatable bonds is 3. The first-order valence-corrected chi connectivity index (χ1v) is 13.3. The third-order valence-corrected chi connectivity index (χ3v) is 10.3. The van der Waals surface area contributed by atoms with Crippen molar-refractivity contribution >= 4 is 23.5 Å². The van der Waals surface area contributed by atoms with Crippen LogP contribution >= 0.6 is 0 Å². The van der Waals surface area contributed by atoms with Crippen molar-refractivity contribution in [3.8, 4) is 0 Å². The third kappa shape index (κ3) is 3.27. The molecule has 3 saturated carbocycles. The summed E-state index contributed by atoms with van der Waals surface area (Å²) in [6.45, 7) is 7.73. The van der Waals surface area contributed by atoms with Crippen LogP contribution in [0.1, 0.15) is 64.2 Å². The summed E-state index contributed by atoms with van der Waals surface area (Å²) in [6.07, 6.45) is -4.26. The number of fused-ring (bicyclic) bond motifs is 3. The molecule has 0 radical (unpaired) electrons. The van der Waals surface area contributed by atoms with Crippen molar-refractivity contribution in [1.29, 1.82) is 0 Å². The normalized spacial score (nSPS) is 43.4. The van der Waals surface area contributed by atoms with Gasteiger partial charge in [0.2, 0.25) is 11.6 Å². The molecule has 9 nitrogen and oxygen atoms in total. The zero-order chi connectivity index (χ0) is 27.8. The van der Waals surface area contributed by atoms with E-state index in [1.807, 2.05) is 6.92 Å². The van der Waals surface area contributed by atoms with Crippen LogP contribution < -0.4 is 0 Å². The largest absolute Gasteiger partial charge is 0.459 e. The average molecular weight is 529 g/mol. The summed E-state index contributed by atoms with van der Waals surface area (Å²) >= 11 is 0. The Labute approximate surface area is 221 Å². The molecule has 4 bridgehead atoms. The van der Waals surface area contributed by atoms with E-state index >= 15 is 0 Å². The van der Waals surface area contributed by atoms with Gasteiger partial charge in [0.05, 0.1) is 35.2 Å². The van der Waals surface area contributed by atoms with E-state index in [-0.39, 0.29) is 30.9 Å². The molecule has 1 aromatic carbocycles. The first kappa shape index (κ1) is 27.0. The third-order valence-electron chi connectivity index (χ3n) is 10.3. The molecule has 3 aliphatic carbocycles. The van der Waals surface area contributed by atoms with E-state index in [0.29, 0.717) is 6.42 Å². The highest BCUT2D eigenvalue weighted by Crippen LogP contribution is 2.67. The number of carbonyl (C=O) groups excluding carboxylic acids is 4.